The highest BCUT2D eigenvalue weighted by molar-refractivity contribution is 7.99. The van der Waals surface area contributed by atoms with Crippen LogP contribution in [0.2, 0.25) is 0 Å². The van der Waals surface area contributed by atoms with Gasteiger partial charge in [0.1, 0.15) is 12.1 Å². The van der Waals surface area contributed by atoms with Gasteiger partial charge in [0.05, 0.1) is 25.7 Å². The van der Waals surface area contributed by atoms with E-state index in [1.165, 1.54) is 28.7 Å². The van der Waals surface area contributed by atoms with E-state index in [9.17, 15) is 9.18 Å². The molecule has 0 aliphatic carbocycles. The quantitative estimate of drug-likeness (QED) is 0.541. The molecule has 0 aliphatic heterocycles. The molecule has 3 aromatic rings. The highest BCUT2D eigenvalue weighted by Crippen LogP contribution is 2.27. The molecule has 9 heteroatoms. The molecule has 1 amide bonds. The van der Waals surface area contributed by atoms with Gasteiger partial charge in [-0.25, -0.2) is 4.39 Å². The van der Waals surface area contributed by atoms with Crippen LogP contribution in [0.3, 0.4) is 0 Å². The summed E-state index contributed by atoms with van der Waals surface area (Å²) in [4.78, 5) is 12.2. The van der Waals surface area contributed by atoms with Crippen molar-refractivity contribution < 1.29 is 18.7 Å². The van der Waals surface area contributed by atoms with Crippen LogP contribution in [0.1, 0.15) is 5.56 Å². The fraction of sp³-hybridized carbons (Fsp3) is 0.250. The van der Waals surface area contributed by atoms with Crippen LogP contribution in [0.15, 0.2) is 53.9 Å². The first-order chi connectivity index (χ1) is 14.1. The average molecular weight is 416 g/mol. The zero-order chi connectivity index (χ0) is 20.6. The lowest BCUT2D eigenvalue weighted by Crippen LogP contribution is -2.27. The van der Waals surface area contributed by atoms with Gasteiger partial charge in [-0.3, -0.25) is 9.36 Å². The normalized spacial score (nSPS) is 10.6. The van der Waals surface area contributed by atoms with Crippen molar-refractivity contribution in [2.45, 2.75) is 11.6 Å². The topological polar surface area (TPSA) is 78.3 Å². The lowest BCUT2D eigenvalue weighted by Gasteiger charge is -2.10. The Morgan fingerprint density at radius 1 is 1.17 bits per heavy atom. The van der Waals surface area contributed by atoms with E-state index in [1.54, 1.807) is 32.4 Å². The number of hydrogen-bond donors (Lipinski definition) is 1. The lowest BCUT2D eigenvalue weighted by molar-refractivity contribution is -0.118. The maximum absolute atomic E-state index is 14.0. The number of carbonyl (C=O) groups excluding carboxylic acids is 1. The third-order valence-electron chi connectivity index (χ3n) is 4.14. The van der Waals surface area contributed by atoms with E-state index < -0.39 is 0 Å². The third kappa shape index (κ3) is 5.26. The molecule has 7 nitrogen and oxygen atoms in total. The van der Waals surface area contributed by atoms with Gasteiger partial charge < -0.3 is 14.8 Å². The molecule has 152 valence electrons. The summed E-state index contributed by atoms with van der Waals surface area (Å²) in [7, 11) is 3.17. The maximum atomic E-state index is 14.0. The van der Waals surface area contributed by atoms with E-state index in [2.05, 4.69) is 15.5 Å². The van der Waals surface area contributed by atoms with Crippen LogP contribution in [-0.2, 0) is 11.2 Å². The van der Waals surface area contributed by atoms with Crippen LogP contribution in [0, 0.1) is 5.82 Å². The first-order valence-electron chi connectivity index (χ1n) is 8.87. The van der Waals surface area contributed by atoms with E-state index in [1.807, 2.05) is 18.2 Å². The van der Waals surface area contributed by atoms with Gasteiger partial charge in [0.25, 0.3) is 0 Å². The smallest absolute Gasteiger partial charge is 0.230 e. The molecule has 2 aromatic carbocycles. The van der Waals surface area contributed by atoms with Gasteiger partial charge in [-0.15, -0.1) is 10.2 Å². The van der Waals surface area contributed by atoms with Gasteiger partial charge in [-0.1, -0.05) is 30.0 Å². The molecule has 29 heavy (non-hydrogen) atoms. The van der Waals surface area contributed by atoms with Crippen LogP contribution in [0.5, 0.6) is 11.5 Å². The van der Waals surface area contributed by atoms with Crippen molar-refractivity contribution in [3.8, 4) is 17.2 Å². The van der Waals surface area contributed by atoms with Crippen molar-refractivity contribution >= 4 is 17.7 Å². The summed E-state index contributed by atoms with van der Waals surface area (Å²) in [6, 6.07) is 12.0. The maximum Gasteiger partial charge on any atom is 0.230 e. The number of aromatic nitrogens is 3. The molecule has 3 rings (SSSR count). The second-order valence-corrected chi connectivity index (χ2v) is 6.96. The molecule has 0 spiro atoms. The fourth-order valence-electron chi connectivity index (χ4n) is 2.70. The fourth-order valence-corrected chi connectivity index (χ4v) is 3.45. The number of ether oxygens (including phenoxy) is 2. The molecule has 0 atom stereocenters. The van der Waals surface area contributed by atoms with Crippen molar-refractivity contribution in [3.63, 3.8) is 0 Å². The molecule has 0 saturated heterocycles. The van der Waals surface area contributed by atoms with Crippen LogP contribution in [0.4, 0.5) is 4.39 Å². The number of thioether (sulfide) groups is 1. The van der Waals surface area contributed by atoms with Gasteiger partial charge in [-0.2, -0.15) is 0 Å². The predicted octanol–water partition coefficient (Wildman–Crippen LogP) is 2.87. The molecule has 1 aromatic heterocycles. The number of hydrogen-bond acceptors (Lipinski definition) is 6. The number of nitrogens with one attached hydrogen (secondary N) is 1. The van der Waals surface area contributed by atoms with Gasteiger partial charge in [0.2, 0.25) is 5.91 Å². The monoisotopic (exact) mass is 416 g/mol. The zero-order valence-corrected chi connectivity index (χ0v) is 16.9. The molecule has 0 fully saturated rings. The summed E-state index contributed by atoms with van der Waals surface area (Å²) >= 11 is 1.20. The van der Waals surface area contributed by atoms with Crippen molar-refractivity contribution in [1.29, 1.82) is 0 Å². The molecule has 0 aliphatic rings. The summed E-state index contributed by atoms with van der Waals surface area (Å²) in [5.41, 5.74) is 1.36. The molecule has 1 heterocycles. The van der Waals surface area contributed by atoms with Crippen LogP contribution < -0.4 is 14.8 Å². The second kappa shape index (κ2) is 9.92. The molecular weight excluding hydrogens is 395 g/mol. The standard InChI is InChI=1S/C20H21FN4O3S/c1-27-17-8-7-14(11-18(17)28-2)9-10-22-19(26)12-29-20-24-23-13-25(20)16-6-4-3-5-15(16)21/h3-8,11,13H,9-10,12H2,1-2H3,(H,22,26). The minimum atomic E-state index is -0.381. The third-order valence-corrected chi connectivity index (χ3v) is 5.09. The number of halogens is 1. The van der Waals surface area contributed by atoms with Crippen LogP contribution in [0.25, 0.3) is 5.69 Å². The highest BCUT2D eigenvalue weighted by Gasteiger charge is 2.12. The summed E-state index contributed by atoms with van der Waals surface area (Å²) in [5.74, 6) is 0.945. The predicted molar refractivity (Wildman–Crippen MR) is 108 cm³/mol. The Balaban J connectivity index is 1.50. The minimum absolute atomic E-state index is 0.140. The number of methoxy groups -OCH3 is 2. The largest absolute Gasteiger partial charge is 0.493 e. The molecule has 1 N–H and O–H groups in total. The van der Waals surface area contributed by atoms with Gasteiger partial charge in [-0.05, 0) is 36.2 Å². The number of para-hydroxylation sites is 1. The minimum Gasteiger partial charge on any atom is -0.493 e. The van der Waals surface area contributed by atoms with Crippen LogP contribution in [-0.4, -0.2) is 47.2 Å². The Kier molecular flexibility index (Phi) is 7.07. The molecule has 0 radical (unpaired) electrons. The van der Waals surface area contributed by atoms with E-state index in [0.29, 0.717) is 35.3 Å². The number of nitrogens with zero attached hydrogens (tertiary/aromatic N) is 3. The summed E-state index contributed by atoms with van der Waals surface area (Å²) in [6.07, 6.45) is 2.08. The lowest BCUT2D eigenvalue weighted by atomic mass is 10.1. The summed E-state index contributed by atoms with van der Waals surface area (Å²) < 4.78 is 26.0. The van der Waals surface area contributed by atoms with Gasteiger partial charge in [0, 0.05) is 6.54 Å². The first kappa shape index (κ1) is 20.7. The second-order valence-electron chi connectivity index (χ2n) is 6.01. The Morgan fingerprint density at radius 2 is 1.97 bits per heavy atom. The molecule has 0 unspecified atom stereocenters. The van der Waals surface area contributed by atoms with Crippen molar-refractivity contribution in [2.24, 2.45) is 0 Å². The van der Waals surface area contributed by atoms with E-state index in [-0.39, 0.29) is 17.5 Å². The van der Waals surface area contributed by atoms with Crippen molar-refractivity contribution in [1.82, 2.24) is 20.1 Å². The van der Waals surface area contributed by atoms with E-state index in [4.69, 9.17) is 9.47 Å². The Morgan fingerprint density at radius 3 is 2.72 bits per heavy atom. The van der Waals surface area contributed by atoms with Gasteiger partial charge >= 0.3 is 0 Å². The Bertz CT molecular complexity index is 980. The first-order valence-corrected chi connectivity index (χ1v) is 9.86. The Hall–Kier alpha value is -3.07. The average Bonchev–Trinajstić information content (AvgIpc) is 3.20. The van der Waals surface area contributed by atoms with Crippen LogP contribution >= 0.6 is 11.8 Å². The number of amides is 1. The van der Waals surface area contributed by atoms with Crippen molar-refractivity contribution in [3.05, 3.63) is 60.2 Å². The number of rotatable bonds is 9. The molecule has 0 bridgehead atoms. The summed E-state index contributed by atoms with van der Waals surface area (Å²) in [6.45, 7) is 0.481. The number of benzene rings is 2. The van der Waals surface area contributed by atoms with E-state index in [0.717, 1.165) is 5.56 Å². The van der Waals surface area contributed by atoms with Crippen molar-refractivity contribution in [2.75, 3.05) is 26.5 Å². The zero-order valence-electron chi connectivity index (χ0n) is 16.1. The highest BCUT2D eigenvalue weighted by atomic mass is 32.2. The molecular formula is C20H21FN4O3S. The Labute approximate surface area is 172 Å². The van der Waals surface area contributed by atoms with Gasteiger partial charge in [0.15, 0.2) is 16.7 Å². The number of carbonyl (C=O) groups is 1. The summed E-state index contributed by atoms with van der Waals surface area (Å²) in [5, 5.41) is 11.1. The SMILES string of the molecule is COc1ccc(CCNC(=O)CSc2nncn2-c2ccccc2F)cc1OC. The van der Waals surface area contributed by atoms with E-state index >= 15 is 0 Å². The molecule has 0 saturated carbocycles.